The van der Waals surface area contributed by atoms with Gasteiger partial charge in [0, 0.05) is 5.56 Å². The molecule has 1 fully saturated rings. The smallest absolute Gasteiger partial charge is 0.290 e. The van der Waals surface area contributed by atoms with E-state index in [0.29, 0.717) is 16.0 Å². The minimum Gasteiger partial charge on any atom is -0.508 e. The summed E-state index contributed by atoms with van der Waals surface area (Å²) in [6.07, 6.45) is 1.53. The second-order valence-electron chi connectivity index (χ2n) is 3.40. The number of nitrogens with one attached hydrogen (secondary N) is 1. The fraction of sp³-hybridized carbons (Fsp3) is 0.0909. The number of aliphatic hydroxyl groups is 1. The van der Waals surface area contributed by atoms with Gasteiger partial charge >= 0.3 is 0 Å². The number of carbonyl (C=O) groups excluding carboxylic acids is 2. The highest BCUT2D eigenvalue weighted by atomic mass is 32.2. The van der Waals surface area contributed by atoms with Crippen molar-refractivity contribution in [2.45, 2.75) is 6.61 Å². The summed E-state index contributed by atoms with van der Waals surface area (Å²) in [5.41, 5.74) is 1.01. The van der Waals surface area contributed by atoms with E-state index in [0.717, 1.165) is 11.8 Å². The number of hydrogen-bond donors (Lipinski definition) is 3. The molecular weight excluding hydrogens is 242 g/mol. The zero-order valence-electron chi connectivity index (χ0n) is 8.64. The molecule has 1 saturated heterocycles. The van der Waals surface area contributed by atoms with Crippen LogP contribution in [-0.4, -0.2) is 21.4 Å². The number of thioether (sulfide) groups is 1. The van der Waals surface area contributed by atoms with Crippen molar-refractivity contribution in [3.63, 3.8) is 0 Å². The molecule has 0 spiro atoms. The molecule has 1 aromatic carbocycles. The molecule has 1 aliphatic heterocycles. The zero-order valence-corrected chi connectivity index (χ0v) is 9.45. The molecule has 0 aliphatic carbocycles. The van der Waals surface area contributed by atoms with E-state index in [9.17, 15) is 14.7 Å². The van der Waals surface area contributed by atoms with Crippen LogP contribution in [0.5, 0.6) is 5.75 Å². The van der Waals surface area contributed by atoms with Crippen molar-refractivity contribution in [1.29, 1.82) is 0 Å². The van der Waals surface area contributed by atoms with Crippen LogP contribution in [0.4, 0.5) is 4.79 Å². The molecule has 0 atom stereocenters. The van der Waals surface area contributed by atoms with Gasteiger partial charge in [-0.25, -0.2) is 0 Å². The first-order chi connectivity index (χ1) is 8.10. The Kier molecular flexibility index (Phi) is 3.16. The van der Waals surface area contributed by atoms with Crippen LogP contribution in [-0.2, 0) is 11.4 Å². The van der Waals surface area contributed by atoms with Crippen molar-refractivity contribution in [2.75, 3.05) is 0 Å². The predicted molar refractivity (Wildman–Crippen MR) is 63.1 cm³/mol. The fourth-order valence-electron chi connectivity index (χ4n) is 1.39. The Bertz CT molecular complexity index is 524. The van der Waals surface area contributed by atoms with Crippen molar-refractivity contribution in [3.8, 4) is 5.75 Å². The average molecular weight is 251 g/mol. The lowest BCUT2D eigenvalue weighted by molar-refractivity contribution is -0.115. The Labute approximate surface area is 101 Å². The third-order valence-electron chi connectivity index (χ3n) is 2.21. The van der Waals surface area contributed by atoms with Gasteiger partial charge in [0.1, 0.15) is 5.75 Å². The van der Waals surface area contributed by atoms with Gasteiger partial charge in [-0.15, -0.1) is 0 Å². The second kappa shape index (κ2) is 4.60. The van der Waals surface area contributed by atoms with Crippen LogP contribution in [0.25, 0.3) is 6.08 Å². The van der Waals surface area contributed by atoms with E-state index >= 15 is 0 Å². The third-order valence-corrected chi connectivity index (χ3v) is 3.02. The minimum absolute atomic E-state index is 0.00532. The molecular formula is C11H9NO4S. The molecule has 0 saturated carbocycles. The molecule has 5 nitrogen and oxygen atoms in total. The minimum atomic E-state index is -0.432. The van der Waals surface area contributed by atoms with E-state index in [2.05, 4.69) is 5.32 Å². The number of imide groups is 1. The highest BCUT2D eigenvalue weighted by Gasteiger charge is 2.24. The molecule has 1 heterocycles. The average Bonchev–Trinajstić information content (AvgIpc) is 2.60. The molecule has 17 heavy (non-hydrogen) atoms. The largest absolute Gasteiger partial charge is 0.508 e. The van der Waals surface area contributed by atoms with E-state index in [1.807, 2.05) is 0 Å². The predicted octanol–water partition coefficient (Wildman–Crippen LogP) is 1.21. The number of aliphatic hydroxyl groups excluding tert-OH is 1. The summed E-state index contributed by atoms with van der Waals surface area (Å²) in [7, 11) is 0. The number of carbonyl (C=O) groups is 2. The number of hydrogen-bond acceptors (Lipinski definition) is 5. The van der Waals surface area contributed by atoms with E-state index < -0.39 is 11.1 Å². The number of benzene rings is 1. The summed E-state index contributed by atoms with van der Waals surface area (Å²) in [6.45, 7) is -0.291. The Morgan fingerprint density at radius 1 is 1.35 bits per heavy atom. The van der Waals surface area contributed by atoms with Crippen LogP contribution in [0.2, 0.25) is 0 Å². The van der Waals surface area contributed by atoms with Gasteiger partial charge < -0.3 is 10.2 Å². The summed E-state index contributed by atoms with van der Waals surface area (Å²) in [5, 5.41) is 20.1. The molecule has 2 amide bonds. The lowest BCUT2D eigenvalue weighted by Gasteiger charge is -2.02. The van der Waals surface area contributed by atoms with E-state index in [-0.39, 0.29) is 12.4 Å². The normalized spacial score (nSPS) is 17.6. The van der Waals surface area contributed by atoms with Crippen LogP contribution in [0.1, 0.15) is 11.1 Å². The molecule has 2 rings (SSSR count). The lowest BCUT2D eigenvalue weighted by atomic mass is 10.1. The van der Waals surface area contributed by atoms with Crippen LogP contribution in [0, 0.1) is 0 Å². The third kappa shape index (κ3) is 2.48. The first kappa shape index (κ1) is 11.7. The fourth-order valence-corrected chi connectivity index (χ4v) is 2.08. The van der Waals surface area contributed by atoms with Gasteiger partial charge in [0.05, 0.1) is 11.5 Å². The Balaban J connectivity index is 2.33. The first-order valence-electron chi connectivity index (χ1n) is 4.78. The van der Waals surface area contributed by atoms with Gasteiger partial charge in [-0.2, -0.15) is 0 Å². The molecule has 0 bridgehead atoms. The van der Waals surface area contributed by atoms with Crippen molar-refractivity contribution < 1.29 is 19.8 Å². The van der Waals surface area contributed by atoms with Crippen molar-refractivity contribution in [1.82, 2.24) is 5.32 Å². The van der Waals surface area contributed by atoms with E-state index in [4.69, 9.17) is 5.11 Å². The van der Waals surface area contributed by atoms with E-state index in [1.54, 1.807) is 12.1 Å². The van der Waals surface area contributed by atoms with Crippen LogP contribution >= 0.6 is 11.8 Å². The van der Waals surface area contributed by atoms with Crippen molar-refractivity contribution >= 4 is 29.0 Å². The zero-order chi connectivity index (χ0) is 12.4. The summed E-state index contributed by atoms with van der Waals surface area (Å²) in [6, 6.07) is 4.58. The molecule has 0 unspecified atom stereocenters. The van der Waals surface area contributed by atoms with Gasteiger partial charge in [0.15, 0.2) is 0 Å². The first-order valence-corrected chi connectivity index (χ1v) is 5.59. The highest BCUT2D eigenvalue weighted by Crippen LogP contribution is 2.27. The van der Waals surface area contributed by atoms with Gasteiger partial charge in [-0.3, -0.25) is 14.9 Å². The topological polar surface area (TPSA) is 86.6 Å². The standard InChI is InChI=1S/C11H9NO4S/c13-5-7-3-6(1-2-8(7)14)4-9-10(15)12-11(16)17-9/h1-4,13-14H,5H2,(H,12,15,16)/b9-4-. The Hall–Kier alpha value is -1.79. The van der Waals surface area contributed by atoms with Crippen LogP contribution < -0.4 is 5.32 Å². The Morgan fingerprint density at radius 3 is 2.71 bits per heavy atom. The summed E-state index contributed by atoms with van der Waals surface area (Å²) in [4.78, 5) is 22.5. The monoisotopic (exact) mass is 251 g/mol. The SMILES string of the molecule is O=C1NC(=O)/C(=C/c2ccc(O)c(CO)c2)S1. The van der Waals surface area contributed by atoms with Crippen LogP contribution in [0.3, 0.4) is 0 Å². The van der Waals surface area contributed by atoms with Gasteiger partial charge in [-0.05, 0) is 35.5 Å². The van der Waals surface area contributed by atoms with Crippen molar-refractivity contribution in [3.05, 3.63) is 34.2 Å². The summed E-state index contributed by atoms with van der Waals surface area (Å²) >= 11 is 0.823. The molecule has 0 radical (unpaired) electrons. The molecule has 3 N–H and O–H groups in total. The van der Waals surface area contributed by atoms with Crippen LogP contribution in [0.15, 0.2) is 23.1 Å². The maximum Gasteiger partial charge on any atom is 0.290 e. The maximum atomic E-state index is 11.3. The molecule has 0 aromatic heterocycles. The van der Waals surface area contributed by atoms with Gasteiger partial charge in [0.2, 0.25) is 0 Å². The number of amides is 2. The summed E-state index contributed by atoms with van der Waals surface area (Å²) < 4.78 is 0. The number of phenols is 1. The lowest BCUT2D eigenvalue weighted by Crippen LogP contribution is -2.17. The molecule has 1 aromatic rings. The second-order valence-corrected chi connectivity index (χ2v) is 4.41. The molecule has 6 heteroatoms. The highest BCUT2D eigenvalue weighted by molar-refractivity contribution is 8.18. The Morgan fingerprint density at radius 2 is 2.12 bits per heavy atom. The van der Waals surface area contributed by atoms with Gasteiger partial charge in [0.25, 0.3) is 11.1 Å². The van der Waals surface area contributed by atoms with Gasteiger partial charge in [-0.1, -0.05) is 6.07 Å². The summed E-state index contributed by atoms with van der Waals surface area (Å²) in [5.74, 6) is -0.437. The number of aromatic hydroxyl groups is 1. The number of rotatable bonds is 2. The quantitative estimate of drug-likeness (QED) is 0.688. The maximum absolute atomic E-state index is 11.3. The van der Waals surface area contributed by atoms with Crippen molar-refractivity contribution in [2.24, 2.45) is 0 Å². The molecule has 88 valence electrons. The van der Waals surface area contributed by atoms with E-state index in [1.165, 1.54) is 12.1 Å². The molecule has 1 aliphatic rings.